The van der Waals surface area contributed by atoms with Crippen molar-refractivity contribution >= 4 is 28.1 Å². The zero-order chi connectivity index (χ0) is 13.2. The van der Waals surface area contributed by atoms with Gasteiger partial charge in [-0.2, -0.15) is 0 Å². The van der Waals surface area contributed by atoms with Gasteiger partial charge in [0, 0.05) is 12.3 Å². The van der Waals surface area contributed by atoms with Gasteiger partial charge in [-0.1, -0.05) is 19.1 Å². The third-order valence-corrected chi connectivity index (χ3v) is 4.96. The van der Waals surface area contributed by atoms with E-state index in [1.165, 1.54) is 12.8 Å². The molecule has 5 heteroatoms. The first-order valence-electron chi connectivity index (χ1n) is 6.56. The number of aryl methyl sites for hydroxylation is 1. The van der Waals surface area contributed by atoms with Gasteiger partial charge >= 0.3 is 0 Å². The smallest absolute Gasteiger partial charge is 0.144 e. The van der Waals surface area contributed by atoms with E-state index in [2.05, 4.69) is 32.8 Å². The van der Waals surface area contributed by atoms with Crippen LogP contribution < -0.4 is 0 Å². The molecule has 0 aliphatic heterocycles. The zero-order valence-corrected chi connectivity index (χ0v) is 13.3. The lowest BCUT2D eigenvalue weighted by molar-refractivity contribution is -0.0459. The predicted octanol–water partition coefficient (Wildman–Crippen LogP) is 4.27. The first-order valence-corrected chi connectivity index (χ1v) is 7.76. The number of nitrogens with one attached hydrogen (secondary N) is 1. The summed E-state index contributed by atoms with van der Waals surface area (Å²) in [6.45, 7) is 4.85. The second-order valence-electron chi connectivity index (χ2n) is 4.67. The minimum absolute atomic E-state index is 0.243. The number of halogens is 1. The summed E-state index contributed by atoms with van der Waals surface area (Å²) in [7, 11) is 0. The Morgan fingerprint density at radius 2 is 2.06 bits per heavy atom. The molecule has 1 fully saturated rings. The van der Waals surface area contributed by atoms with E-state index in [1.807, 2.05) is 6.92 Å². The van der Waals surface area contributed by atoms with Crippen molar-refractivity contribution in [2.45, 2.75) is 51.6 Å². The topological polar surface area (TPSA) is 37.9 Å². The van der Waals surface area contributed by atoms with Crippen LogP contribution in [-0.2, 0) is 16.8 Å². The van der Waals surface area contributed by atoms with E-state index in [-0.39, 0.29) is 5.60 Å². The summed E-state index contributed by atoms with van der Waals surface area (Å²) < 4.78 is 7.56. The molecule has 2 rings (SSSR count). The number of ether oxygens (including phenoxy) is 1. The van der Waals surface area contributed by atoms with Gasteiger partial charge in [0.15, 0.2) is 0 Å². The number of hydrogen-bond donors (Lipinski definition) is 1. The molecule has 1 aromatic heterocycles. The number of aromatic nitrogens is 2. The van der Waals surface area contributed by atoms with E-state index < -0.39 is 0 Å². The molecule has 0 saturated heterocycles. The van der Waals surface area contributed by atoms with Crippen LogP contribution in [0.5, 0.6) is 0 Å². The van der Waals surface area contributed by atoms with Crippen molar-refractivity contribution < 1.29 is 4.74 Å². The maximum Gasteiger partial charge on any atom is 0.144 e. The van der Waals surface area contributed by atoms with Crippen LogP contribution in [-0.4, -0.2) is 16.6 Å². The van der Waals surface area contributed by atoms with Gasteiger partial charge in [-0.15, -0.1) is 0 Å². The molecule has 1 aromatic rings. The first kappa shape index (κ1) is 14.2. The van der Waals surface area contributed by atoms with Crippen LogP contribution in [0.4, 0.5) is 0 Å². The molecule has 0 aromatic carbocycles. The van der Waals surface area contributed by atoms with Gasteiger partial charge in [-0.25, -0.2) is 4.98 Å². The van der Waals surface area contributed by atoms with E-state index in [1.54, 1.807) is 0 Å². The van der Waals surface area contributed by atoms with Crippen LogP contribution in [0.25, 0.3) is 0 Å². The molecule has 18 heavy (non-hydrogen) atoms. The average molecular weight is 331 g/mol. The molecule has 1 N–H and O–H groups in total. The molecular weight excluding hydrogens is 312 g/mol. The van der Waals surface area contributed by atoms with E-state index >= 15 is 0 Å². The molecule has 0 atom stereocenters. The first-order chi connectivity index (χ1) is 8.63. The Labute approximate surface area is 121 Å². The zero-order valence-electron chi connectivity index (χ0n) is 10.9. The quantitative estimate of drug-likeness (QED) is 0.837. The summed E-state index contributed by atoms with van der Waals surface area (Å²) in [5.41, 5.74) is 0.864. The van der Waals surface area contributed by atoms with Gasteiger partial charge in [0.05, 0.1) is 4.47 Å². The molecule has 0 unspecified atom stereocenters. The number of aromatic amines is 1. The Balaban J connectivity index is 2.48. The van der Waals surface area contributed by atoms with Gasteiger partial charge in [0.25, 0.3) is 0 Å². The molecular formula is C13H19BrN2OS. The highest BCUT2D eigenvalue weighted by atomic mass is 79.9. The highest BCUT2D eigenvalue weighted by molar-refractivity contribution is 9.10. The van der Waals surface area contributed by atoms with Gasteiger partial charge in [-0.05, 0) is 55.0 Å². The molecule has 1 aliphatic rings. The molecule has 1 aliphatic carbocycles. The summed E-state index contributed by atoms with van der Waals surface area (Å²) in [6, 6.07) is 0. The lowest BCUT2D eigenvalue weighted by Gasteiger charge is -2.28. The van der Waals surface area contributed by atoms with Crippen LogP contribution in [0.1, 0.15) is 51.0 Å². The third kappa shape index (κ3) is 2.53. The number of nitrogens with zero attached hydrogens (tertiary/aromatic N) is 1. The lowest BCUT2D eigenvalue weighted by atomic mass is 10.0. The maximum atomic E-state index is 6.02. The highest BCUT2D eigenvalue weighted by Crippen LogP contribution is 2.40. The molecule has 1 saturated carbocycles. The van der Waals surface area contributed by atoms with Crippen molar-refractivity contribution in [3.8, 4) is 0 Å². The Bertz CT molecular complexity index is 480. The average Bonchev–Trinajstić information content (AvgIpc) is 2.82. The minimum atomic E-state index is -0.243. The second kappa shape index (κ2) is 5.80. The van der Waals surface area contributed by atoms with Crippen molar-refractivity contribution in [3.63, 3.8) is 0 Å². The van der Waals surface area contributed by atoms with Gasteiger partial charge < -0.3 is 9.72 Å². The minimum Gasteiger partial charge on any atom is -0.367 e. The molecule has 100 valence electrons. The Hall–Kier alpha value is -0.260. The number of H-pyrrole nitrogens is 1. The molecule has 3 nitrogen and oxygen atoms in total. The van der Waals surface area contributed by atoms with Crippen LogP contribution in [0.2, 0.25) is 0 Å². The second-order valence-corrected chi connectivity index (χ2v) is 5.85. The fourth-order valence-electron chi connectivity index (χ4n) is 2.64. The fourth-order valence-corrected chi connectivity index (χ4v) is 3.32. The fraction of sp³-hybridized carbons (Fsp3) is 0.692. The van der Waals surface area contributed by atoms with Crippen molar-refractivity contribution in [1.29, 1.82) is 0 Å². The van der Waals surface area contributed by atoms with Crippen LogP contribution in [0.15, 0.2) is 4.47 Å². The third-order valence-electron chi connectivity index (χ3n) is 3.55. The Kier molecular flexibility index (Phi) is 4.56. The standard InChI is InChI=1S/C13H19BrN2OS/c1-3-9-10(14)11(18)16-12(15-9)13(17-4-2)7-5-6-8-13/h3-8H2,1-2H3,(H,15,16,18). The van der Waals surface area contributed by atoms with Crippen molar-refractivity contribution in [3.05, 3.63) is 20.6 Å². The van der Waals surface area contributed by atoms with E-state index in [0.29, 0.717) is 11.2 Å². The molecule has 1 heterocycles. The summed E-state index contributed by atoms with van der Waals surface area (Å²) in [5, 5.41) is 0. The molecule has 0 spiro atoms. The van der Waals surface area contributed by atoms with Crippen LogP contribution in [0, 0.1) is 4.64 Å². The summed E-state index contributed by atoms with van der Waals surface area (Å²) in [5.74, 6) is 0.909. The SMILES string of the molecule is CCOC1(c2nc(=S)c(Br)c(CC)[nH]2)CCCC1. The van der Waals surface area contributed by atoms with Gasteiger partial charge in [0.2, 0.25) is 0 Å². The van der Waals surface area contributed by atoms with Crippen molar-refractivity contribution in [2.24, 2.45) is 0 Å². The number of hydrogen-bond acceptors (Lipinski definition) is 3. The van der Waals surface area contributed by atoms with Crippen molar-refractivity contribution in [2.75, 3.05) is 6.61 Å². The normalized spacial score (nSPS) is 18.2. The van der Waals surface area contributed by atoms with E-state index in [9.17, 15) is 0 Å². The van der Waals surface area contributed by atoms with Crippen molar-refractivity contribution in [1.82, 2.24) is 9.97 Å². The molecule has 0 amide bonds. The number of rotatable bonds is 4. The van der Waals surface area contributed by atoms with Gasteiger partial charge in [-0.3, -0.25) is 0 Å². The monoisotopic (exact) mass is 330 g/mol. The predicted molar refractivity (Wildman–Crippen MR) is 78.3 cm³/mol. The van der Waals surface area contributed by atoms with Gasteiger partial charge in [0.1, 0.15) is 16.1 Å². The molecule has 0 bridgehead atoms. The van der Waals surface area contributed by atoms with Crippen LogP contribution >= 0.6 is 28.1 Å². The Morgan fingerprint density at radius 3 is 2.61 bits per heavy atom. The van der Waals surface area contributed by atoms with E-state index in [0.717, 1.165) is 35.3 Å². The largest absolute Gasteiger partial charge is 0.367 e. The maximum absolute atomic E-state index is 6.02. The lowest BCUT2D eigenvalue weighted by Crippen LogP contribution is -2.29. The summed E-state index contributed by atoms with van der Waals surface area (Å²) >= 11 is 8.83. The Morgan fingerprint density at radius 1 is 1.39 bits per heavy atom. The van der Waals surface area contributed by atoms with Crippen LogP contribution in [0.3, 0.4) is 0 Å². The summed E-state index contributed by atoms with van der Waals surface area (Å²) in [4.78, 5) is 7.96. The van der Waals surface area contributed by atoms with E-state index in [4.69, 9.17) is 17.0 Å². The highest BCUT2D eigenvalue weighted by Gasteiger charge is 2.39. The summed E-state index contributed by atoms with van der Waals surface area (Å²) in [6.07, 6.45) is 5.36. The molecule has 0 radical (unpaired) electrons.